The minimum Gasteiger partial charge on any atom is -0.411 e. The van der Waals surface area contributed by atoms with Crippen LogP contribution in [0.2, 0.25) is 0 Å². The van der Waals surface area contributed by atoms with Gasteiger partial charge in [-0.2, -0.15) is 4.31 Å². The Labute approximate surface area is 121 Å². The lowest BCUT2D eigenvalue weighted by Crippen LogP contribution is -2.43. The van der Waals surface area contributed by atoms with E-state index in [2.05, 4.69) is 5.16 Å². The maximum Gasteiger partial charge on any atom is 0.289 e. The lowest BCUT2D eigenvalue weighted by molar-refractivity contribution is -0.387. The Bertz CT molecular complexity index is 686. The zero-order chi connectivity index (χ0) is 15.6. The monoisotopic (exact) mass is 313 g/mol. The Morgan fingerprint density at radius 1 is 1.43 bits per heavy atom. The first-order chi connectivity index (χ1) is 9.87. The van der Waals surface area contributed by atoms with Crippen molar-refractivity contribution in [3.63, 3.8) is 0 Å². The summed E-state index contributed by atoms with van der Waals surface area (Å²) in [5.74, 6) is -0.235. The van der Waals surface area contributed by atoms with Crippen LogP contribution in [0.5, 0.6) is 0 Å². The summed E-state index contributed by atoms with van der Waals surface area (Å²) in [5, 5.41) is 22.9. The Balaban J connectivity index is 2.38. The molecular weight excluding hydrogens is 298 g/mol. The van der Waals surface area contributed by atoms with Crippen molar-refractivity contribution in [1.29, 1.82) is 0 Å². The summed E-state index contributed by atoms with van der Waals surface area (Å²) in [4.78, 5) is 9.96. The molecule has 1 atom stereocenters. The summed E-state index contributed by atoms with van der Waals surface area (Å²) < 4.78 is 26.3. The fourth-order valence-electron chi connectivity index (χ4n) is 2.32. The van der Waals surface area contributed by atoms with E-state index in [9.17, 15) is 18.5 Å². The van der Waals surface area contributed by atoms with Crippen molar-refractivity contribution in [1.82, 2.24) is 4.31 Å². The number of sulfonamides is 1. The predicted octanol–water partition coefficient (Wildman–Crippen LogP) is 1.46. The quantitative estimate of drug-likeness (QED) is 0.515. The molecule has 0 spiro atoms. The van der Waals surface area contributed by atoms with Crippen LogP contribution in [0.1, 0.15) is 13.3 Å². The number of hydrogen-bond acceptors (Lipinski definition) is 6. The second-order valence-corrected chi connectivity index (χ2v) is 6.74. The lowest BCUT2D eigenvalue weighted by atomic mass is 10.00. The minimum atomic E-state index is -3.95. The van der Waals surface area contributed by atoms with Crippen LogP contribution in [-0.4, -0.2) is 41.7 Å². The summed E-state index contributed by atoms with van der Waals surface area (Å²) in [7, 11) is -3.95. The Morgan fingerprint density at radius 2 is 2.10 bits per heavy atom. The molecule has 2 rings (SSSR count). The molecule has 1 aliphatic heterocycles. The standard InChI is InChI=1S/C12H15N3O5S/c1-9-8-14(7-6-10(9)13-16)21(19,20)12-5-3-2-4-11(12)15(17)18/h2-5,9,16H,6-8H2,1H3/b13-10+. The molecular formula is C12H15N3O5S. The summed E-state index contributed by atoms with van der Waals surface area (Å²) >= 11 is 0. The second kappa shape index (κ2) is 5.78. The fraction of sp³-hybridized carbons (Fsp3) is 0.417. The smallest absolute Gasteiger partial charge is 0.289 e. The molecule has 1 unspecified atom stereocenters. The molecule has 0 aromatic heterocycles. The normalized spacial score (nSPS) is 22.3. The zero-order valence-corrected chi connectivity index (χ0v) is 12.2. The second-order valence-electron chi connectivity index (χ2n) is 4.83. The van der Waals surface area contributed by atoms with E-state index in [1.165, 1.54) is 28.6 Å². The summed E-state index contributed by atoms with van der Waals surface area (Å²) in [6.45, 7) is 2.02. The van der Waals surface area contributed by atoms with Crippen LogP contribution in [0.3, 0.4) is 0 Å². The number of hydrogen-bond donors (Lipinski definition) is 1. The first-order valence-corrected chi connectivity index (χ1v) is 7.76. The Kier molecular flexibility index (Phi) is 4.24. The van der Waals surface area contributed by atoms with Gasteiger partial charge in [-0.3, -0.25) is 10.1 Å². The van der Waals surface area contributed by atoms with Gasteiger partial charge in [0.15, 0.2) is 4.90 Å². The van der Waals surface area contributed by atoms with Crippen LogP contribution >= 0.6 is 0 Å². The minimum absolute atomic E-state index is 0.133. The van der Waals surface area contributed by atoms with Gasteiger partial charge in [-0.05, 0) is 6.07 Å². The van der Waals surface area contributed by atoms with E-state index in [-0.39, 0.29) is 23.9 Å². The van der Waals surface area contributed by atoms with Gasteiger partial charge in [0.2, 0.25) is 10.0 Å². The first-order valence-electron chi connectivity index (χ1n) is 6.32. The van der Waals surface area contributed by atoms with E-state index in [1.54, 1.807) is 6.92 Å². The average molecular weight is 313 g/mol. The number of benzene rings is 1. The number of oxime groups is 1. The summed E-state index contributed by atoms with van der Waals surface area (Å²) in [5.41, 5.74) is 0.0933. The molecule has 1 aliphatic rings. The largest absolute Gasteiger partial charge is 0.411 e. The number of para-hydroxylation sites is 1. The highest BCUT2D eigenvalue weighted by Crippen LogP contribution is 2.28. The Hall–Kier alpha value is -2.00. The Morgan fingerprint density at radius 3 is 2.67 bits per heavy atom. The van der Waals surface area contributed by atoms with E-state index >= 15 is 0 Å². The van der Waals surface area contributed by atoms with Gasteiger partial charge >= 0.3 is 0 Å². The van der Waals surface area contributed by atoms with E-state index < -0.39 is 20.6 Å². The van der Waals surface area contributed by atoms with Crippen molar-refractivity contribution in [3.05, 3.63) is 34.4 Å². The van der Waals surface area contributed by atoms with Crippen LogP contribution in [0, 0.1) is 16.0 Å². The third kappa shape index (κ3) is 2.88. The van der Waals surface area contributed by atoms with Gasteiger partial charge in [-0.15, -0.1) is 0 Å². The van der Waals surface area contributed by atoms with Crippen molar-refractivity contribution < 1.29 is 18.5 Å². The topological polar surface area (TPSA) is 113 Å². The van der Waals surface area contributed by atoms with Gasteiger partial charge in [0.1, 0.15) is 0 Å². The third-order valence-electron chi connectivity index (χ3n) is 3.47. The van der Waals surface area contributed by atoms with Gasteiger partial charge in [-0.25, -0.2) is 8.42 Å². The molecule has 1 N–H and O–H groups in total. The first kappa shape index (κ1) is 15.4. The number of nitro benzene ring substituents is 1. The predicted molar refractivity (Wildman–Crippen MR) is 74.9 cm³/mol. The molecule has 1 aromatic rings. The van der Waals surface area contributed by atoms with E-state index in [1.807, 2.05) is 0 Å². The van der Waals surface area contributed by atoms with Crippen molar-refractivity contribution >= 4 is 21.4 Å². The van der Waals surface area contributed by atoms with E-state index in [4.69, 9.17) is 5.21 Å². The SMILES string of the molecule is CC1CN(S(=O)(=O)c2ccccc2[N+](=O)[O-])CC/C1=N\O. The lowest BCUT2D eigenvalue weighted by Gasteiger charge is -2.30. The molecule has 8 nitrogen and oxygen atoms in total. The maximum absolute atomic E-state index is 12.6. The van der Waals surface area contributed by atoms with Crippen LogP contribution < -0.4 is 0 Å². The van der Waals surface area contributed by atoms with Crippen LogP contribution in [0.25, 0.3) is 0 Å². The van der Waals surface area contributed by atoms with E-state index in [0.717, 1.165) is 0 Å². The third-order valence-corrected chi connectivity index (χ3v) is 5.38. The number of nitro groups is 1. The van der Waals surface area contributed by atoms with Crippen molar-refractivity contribution in [2.75, 3.05) is 13.1 Å². The van der Waals surface area contributed by atoms with Crippen LogP contribution in [0.15, 0.2) is 34.3 Å². The molecule has 1 aromatic carbocycles. The van der Waals surface area contributed by atoms with Crippen molar-refractivity contribution in [2.24, 2.45) is 11.1 Å². The maximum atomic E-state index is 12.6. The molecule has 9 heteroatoms. The molecule has 0 amide bonds. The highest BCUT2D eigenvalue weighted by Gasteiger charge is 2.35. The average Bonchev–Trinajstić information content (AvgIpc) is 2.47. The highest BCUT2D eigenvalue weighted by atomic mass is 32.2. The zero-order valence-electron chi connectivity index (χ0n) is 11.3. The molecule has 21 heavy (non-hydrogen) atoms. The fourth-order valence-corrected chi connectivity index (χ4v) is 4.01. The van der Waals surface area contributed by atoms with Gasteiger partial charge in [0, 0.05) is 31.5 Å². The van der Waals surface area contributed by atoms with Gasteiger partial charge < -0.3 is 5.21 Å². The summed E-state index contributed by atoms with van der Waals surface area (Å²) in [6, 6.07) is 5.27. The van der Waals surface area contributed by atoms with E-state index in [0.29, 0.717) is 12.1 Å². The molecule has 1 fully saturated rings. The van der Waals surface area contributed by atoms with Crippen LogP contribution in [-0.2, 0) is 10.0 Å². The molecule has 114 valence electrons. The molecule has 0 saturated carbocycles. The van der Waals surface area contributed by atoms with Crippen molar-refractivity contribution in [3.8, 4) is 0 Å². The highest BCUT2D eigenvalue weighted by molar-refractivity contribution is 7.89. The van der Waals surface area contributed by atoms with Crippen LogP contribution in [0.4, 0.5) is 5.69 Å². The summed E-state index contributed by atoms with van der Waals surface area (Å²) in [6.07, 6.45) is 0.303. The molecule has 1 heterocycles. The number of nitrogens with zero attached hydrogens (tertiary/aromatic N) is 3. The number of rotatable bonds is 3. The molecule has 0 radical (unpaired) electrons. The number of piperidine rings is 1. The van der Waals surface area contributed by atoms with Gasteiger partial charge in [-0.1, -0.05) is 24.2 Å². The van der Waals surface area contributed by atoms with Gasteiger partial charge in [0.25, 0.3) is 5.69 Å². The molecule has 1 saturated heterocycles. The van der Waals surface area contributed by atoms with Gasteiger partial charge in [0.05, 0.1) is 10.6 Å². The molecule has 0 aliphatic carbocycles. The molecule has 0 bridgehead atoms. The van der Waals surface area contributed by atoms with Crippen molar-refractivity contribution in [2.45, 2.75) is 18.2 Å².